The van der Waals surface area contributed by atoms with Crippen LogP contribution in [0.4, 0.5) is 5.69 Å². The Hall–Kier alpha value is -0.540. The smallest absolute Gasteiger partial charge is 0.0472 e. The second-order valence-corrected chi connectivity index (χ2v) is 6.26. The first-order valence-corrected chi connectivity index (χ1v) is 7.07. The van der Waals surface area contributed by atoms with Gasteiger partial charge in [-0.05, 0) is 37.5 Å². The molecule has 2 fully saturated rings. The third-order valence-electron chi connectivity index (χ3n) is 4.13. The maximum absolute atomic E-state index is 5.45. The molecule has 17 heavy (non-hydrogen) atoms. The summed E-state index contributed by atoms with van der Waals surface area (Å²) in [5.74, 6) is 0. The average molecular weight is 296 g/mol. The van der Waals surface area contributed by atoms with Crippen LogP contribution in [0.3, 0.4) is 0 Å². The lowest BCUT2D eigenvalue weighted by molar-refractivity contribution is -0.000194. The van der Waals surface area contributed by atoms with Crippen LogP contribution in [-0.2, 0) is 4.74 Å². The third kappa shape index (κ3) is 2.11. The number of aryl methyl sites for hydroxylation is 1. The quantitative estimate of drug-likeness (QED) is 0.788. The van der Waals surface area contributed by atoms with E-state index in [9.17, 15) is 0 Å². The molecule has 1 aromatic rings. The predicted octanol–water partition coefficient (Wildman–Crippen LogP) is 3.37. The second kappa shape index (κ2) is 4.29. The van der Waals surface area contributed by atoms with Crippen LogP contribution in [0, 0.1) is 12.3 Å². The van der Waals surface area contributed by atoms with E-state index in [1.807, 2.05) is 0 Å². The van der Waals surface area contributed by atoms with Gasteiger partial charge in [-0.2, -0.15) is 0 Å². The molecule has 1 spiro atoms. The van der Waals surface area contributed by atoms with Gasteiger partial charge < -0.3 is 9.64 Å². The number of hydrogen-bond acceptors (Lipinski definition) is 2. The van der Waals surface area contributed by atoms with Crippen LogP contribution >= 0.6 is 15.9 Å². The molecule has 0 N–H and O–H groups in total. The van der Waals surface area contributed by atoms with Gasteiger partial charge in [0, 0.05) is 41.9 Å². The van der Waals surface area contributed by atoms with Crippen molar-refractivity contribution in [1.82, 2.24) is 0 Å². The summed E-state index contributed by atoms with van der Waals surface area (Å²) in [5, 5.41) is 0. The van der Waals surface area contributed by atoms with E-state index in [1.165, 1.54) is 41.7 Å². The summed E-state index contributed by atoms with van der Waals surface area (Å²) in [6.45, 7) is 6.43. The van der Waals surface area contributed by atoms with Crippen LogP contribution in [0.15, 0.2) is 22.7 Å². The zero-order valence-electron chi connectivity index (χ0n) is 10.2. The van der Waals surface area contributed by atoms with E-state index >= 15 is 0 Å². The number of rotatable bonds is 1. The van der Waals surface area contributed by atoms with Crippen molar-refractivity contribution in [2.75, 3.05) is 31.2 Å². The minimum absolute atomic E-state index is 0.551. The molecule has 0 aromatic heterocycles. The zero-order valence-corrected chi connectivity index (χ0v) is 11.8. The first-order chi connectivity index (χ1) is 8.19. The lowest BCUT2D eigenvalue weighted by Gasteiger charge is -2.53. The molecule has 3 heteroatoms. The fraction of sp³-hybridized carbons (Fsp3) is 0.571. The molecular weight excluding hydrogens is 278 g/mol. The van der Waals surface area contributed by atoms with Crippen molar-refractivity contribution in [1.29, 1.82) is 0 Å². The topological polar surface area (TPSA) is 12.5 Å². The molecule has 0 unspecified atom stereocenters. The highest BCUT2D eigenvalue weighted by molar-refractivity contribution is 9.10. The molecule has 92 valence electrons. The SMILES string of the molecule is Cc1ccc(N2CC3(CCOCC3)C2)cc1Br. The van der Waals surface area contributed by atoms with Crippen molar-refractivity contribution >= 4 is 21.6 Å². The van der Waals surface area contributed by atoms with Crippen molar-refractivity contribution in [2.45, 2.75) is 19.8 Å². The first-order valence-electron chi connectivity index (χ1n) is 6.27. The normalized spacial score (nSPS) is 22.6. The molecule has 2 nitrogen and oxygen atoms in total. The minimum atomic E-state index is 0.551. The van der Waals surface area contributed by atoms with Crippen molar-refractivity contribution < 1.29 is 4.74 Å². The van der Waals surface area contributed by atoms with E-state index in [0.717, 1.165) is 13.2 Å². The number of halogens is 1. The van der Waals surface area contributed by atoms with Gasteiger partial charge in [-0.15, -0.1) is 0 Å². The minimum Gasteiger partial charge on any atom is -0.381 e. The number of hydrogen-bond donors (Lipinski definition) is 0. The van der Waals surface area contributed by atoms with Crippen LogP contribution in [0.2, 0.25) is 0 Å². The molecule has 0 atom stereocenters. The van der Waals surface area contributed by atoms with Crippen molar-refractivity contribution in [2.24, 2.45) is 5.41 Å². The maximum Gasteiger partial charge on any atom is 0.0472 e. The Morgan fingerprint density at radius 3 is 2.59 bits per heavy atom. The molecule has 0 radical (unpaired) electrons. The fourth-order valence-corrected chi connectivity index (χ4v) is 3.21. The van der Waals surface area contributed by atoms with Gasteiger partial charge in [-0.25, -0.2) is 0 Å². The Kier molecular flexibility index (Phi) is 2.91. The fourth-order valence-electron chi connectivity index (χ4n) is 2.85. The summed E-state index contributed by atoms with van der Waals surface area (Å²) in [5.41, 5.74) is 3.20. The number of benzene rings is 1. The van der Waals surface area contributed by atoms with E-state index in [2.05, 4.69) is 46.0 Å². The van der Waals surface area contributed by atoms with E-state index in [0.29, 0.717) is 5.41 Å². The van der Waals surface area contributed by atoms with Crippen LogP contribution in [0.5, 0.6) is 0 Å². The van der Waals surface area contributed by atoms with Crippen molar-refractivity contribution in [3.8, 4) is 0 Å². The van der Waals surface area contributed by atoms with E-state index < -0.39 is 0 Å². The van der Waals surface area contributed by atoms with Crippen LogP contribution < -0.4 is 4.90 Å². The molecule has 2 aliphatic rings. The van der Waals surface area contributed by atoms with E-state index in [1.54, 1.807) is 0 Å². The summed E-state index contributed by atoms with van der Waals surface area (Å²) < 4.78 is 6.66. The molecule has 0 amide bonds. The number of anilines is 1. The summed E-state index contributed by atoms with van der Waals surface area (Å²) in [6.07, 6.45) is 2.47. The molecule has 2 aliphatic heterocycles. The lowest BCUT2D eigenvalue weighted by Crippen LogP contribution is -2.58. The summed E-state index contributed by atoms with van der Waals surface area (Å²) in [6, 6.07) is 6.65. The standard InChI is InChI=1S/C14H18BrNO/c1-11-2-3-12(8-13(11)15)16-9-14(10-16)4-6-17-7-5-14/h2-3,8H,4-7,9-10H2,1H3. The highest BCUT2D eigenvalue weighted by Crippen LogP contribution is 2.42. The summed E-state index contributed by atoms with van der Waals surface area (Å²) in [4.78, 5) is 2.48. The van der Waals surface area contributed by atoms with Crippen LogP contribution in [0.25, 0.3) is 0 Å². The predicted molar refractivity (Wildman–Crippen MR) is 73.6 cm³/mol. The monoisotopic (exact) mass is 295 g/mol. The van der Waals surface area contributed by atoms with Crippen LogP contribution in [-0.4, -0.2) is 26.3 Å². The third-order valence-corrected chi connectivity index (χ3v) is 4.98. The van der Waals surface area contributed by atoms with Gasteiger partial charge in [0.2, 0.25) is 0 Å². The molecule has 0 saturated carbocycles. The first kappa shape index (κ1) is 11.5. The highest BCUT2D eigenvalue weighted by Gasteiger charge is 2.43. The zero-order chi connectivity index (χ0) is 11.9. The Morgan fingerprint density at radius 2 is 1.94 bits per heavy atom. The highest BCUT2D eigenvalue weighted by atomic mass is 79.9. The number of nitrogens with zero attached hydrogens (tertiary/aromatic N) is 1. The van der Waals surface area contributed by atoms with Gasteiger partial charge in [0.15, 0.2) is 0 Å². The van der Waals surface area contributed by atoms with Crippen LogP contribution in [0.1, 0.15) is 18.4 Å². The summed E-state index contributed by atoms with van der Waals surface area (Å²) >= 11 is 3.61. The van der Waals surface area contributed by atoms with Gasteiger partial charge in [0.1, 0.15) is 0 Å². The van der Waals surface area contributed by atoms with Gasteiger partial charge in [0.05, 0.1) is 0 Å². The molecular formula is C14H18BrNO. The van der Waals surface area contributed by atoms with E-state index in [4.69, 9.17) is 4.74 Å². The maximum atomic E-state index is 5.45. The molecule has 1 aromatic carbocycles. The molecule has 0 bridgehead atoms. The van der Waals surface area contributed by atoms with Gasteiger partial charge in [0.25, 0.3) is 0 Å². The van der Waals surface area contributed by atoms with Gasteiger partial charge >= 0.3 is 0 Å². The lowest BCUT2D eigenvalue weighted by atomic mass is 9.73. The molecule has 3 rings (SSSR count). The second-order valence-electron chi connectivity index (χ2n) is 5.40. The largest absolute Gasteiger partial charge is 0.381 e. The molecule has 2 saturated heterocycles. The number of ether oxygens (including phenoxy) is 1. The Bertz CT molecular complexity index is 418. The van der Waals surface area contributed by atoms with Gasteiger partial charge in [-0.1, -0.05) is 22.0 Å². The van der Waals surface area contributed by atoms with Crippen molar-refractivity contribution in [3.05, 3.63) is 28.2 Å². The average Bonchev–Trinajstić information content (AvgIpc) is 2.31. The van der Waals surface area contributed by atoms with E-state index in [-0.39, 0.29) is 0 Å². The Balaban J connectivity index is 1.70. The van der Waals surface area contributed by atoms with Gasteiger partial charge in [-0.3, -0.25) is 0 Å². The summed E-state index contributed by atoms with van der Waals surface area (Å²) in [7, 11) is 0. The molecule has 2 heterocycles. The van der Waals surface area contributed by atoms with Crippen molar-refractivity contribution in [3.63, 3.8) is 0 Å². The molecule has 0 aliphatic carbocycles. The Morgan fingerprint density at radius 1 is 1.24 bits per heavy atom. The Labute approximate surface area is 111 Å².